The van der Waals surface area contributed by atoms with E-state index < -0.39 is 0 Å². The number of amides is 2. The van der Waals surface area contributed by atoms with Gasteiger partial charge in [-0.05, 0) is 51.3 Å². The Labute approximate surface area is 166 Å². The fourth-order valence-corrected chi connectivity index (χ4v) is 3.58. The lowest BCUT2D eigenvalue weighted by Gasteiger charge is -2.29. The van der Waals surface area contributed by atoms with E-state index in [9.17, 15) is 9.59 Å². The number of anilines is 1. The maximum Gasteiger partial charge on any atom is 0.251 e. The Morgan fingerprint density at radius 3 is 2.46 bits per heavy atom. The van der Waals surface area contributed by atoms with E-state index in [1.54, 1.807) is 6.20 Å². The van der Waals surface area contributed by atoms with Crippen LogP contribution in [-0.4, -0.2) is 36.4 Å². The molecule has 1 aromatic carbocycles. The molecule has 1 aromatic heterocycles. The van der Waals surface area contributed by atoms with Crippen molar-refractivity contribution in [1.82, 2.24) is 15.6 Å². The normalized spacial score (nSPS) is 13.9. The molecule has 6 heteroatoms. The summed E-state index contributed by atoms with van der Waals surface area (Å²) in [5.41, 5.74) is 3.62. The molecule has 1 fully saturated rings. The van der Waals surface area contributed by atoms with Crippen LogP contribution in [0.15, 0.2) is 36.5 Å². The van der Waals surface area contributed by atoms with E-state index in [0.29, 0.717) is 12.1 Å². The molecule has 2 aromatic rings. The topological polar surface area (TPSA) is 74.3 Å². The van der Waals surface area contributed by atoms with Gasteiger partial charge in [-0.3, -0.25) is 9.59 Å². The minimum Gasteiger partial charge on any atom is -0.356 e. The monoisotopic (exact) mass is 380 g/mol. The minimum absolute atomic E-state index is 0.0505. The first-order chi connectivity index (χ1) is 13.5. The van der Waals surface area contributed by atoms with Crippen molar-refractivity contribution in [2.24, 2.45) is 0 Å². The highest BCUT2D eigenvalue weighted by Gasteiger charge is 2.16. The van der Waals surface area contributed by atoms with Crippen LogP contribution < -0.4 is 15.5 Å². The van der Waals surface area contributed by atoms with Crippen LogP contribution in [-0.2, 0) is 11.3 Å². The lowest BCUT2D eigenvalue weighted by atomic mass is 10.1. The number of hydrogen-bond acceptors (Lipinski definition) is 4. The highest BCUT2D eigenvalue weighted by Crippen LogP contribution is 2.21. The van der Waals surface area contributed by atoms with E-state index >= 15 is 0 Å². The molecule has 2 amide bonds. The number of benzene rings is 1. The van der Waals surface area contributed by atoms with E-state index in [0.717, 1.165) is 35.6 Å². The van der Waals surface area contributed by atoms with E-state index in [4.69, 9.17) is 0 Å². The molecule has 2 N–H and O–H groups in total. The molecule has 0 unspecified atom stereocenters. The molecule has 0 spiro atoms. The molecule has 28 heavy (non-hydrogen) atoms. The van der Waals surface area contributed by atoms with Crippen molar-refractivity contribution in [2.75, 3.05) is 24.5 Å². The highest BCUT2D eigenvalue weighted by atomic mass is 16.2. The first-order valence-electron chi connectivity index (χ1n) is 9.85. The van der Waals surface area contributed by atoms with Gasteiger partial charge in [0.15, 0.2) is 0 Å². The van der Waals surface area contributed by atoms with Crippen LogP contribution in [0.2, 0.25) is 0 Å². The Balaban J connectivity index is 1.52. The van der Waals surface area contributed by atoms with Crippen molar-refractivity contribution >= 4 is 17.6 Å². The van der Waals surface area contributed by atoms with E-state index in [2.05, 4.69) is 20.5 Å². The maximum atomic E-state index is 12.3. The van der Waals surface area contributed by atoms with Crippen LogP contribution in [0.5, 0.6) is 0 Å². The average Bonchev–Trinajstić information content (AvgIpc) is 2.70. The molecule has 1 aliphatic heterocycles. The van der Waals surface area contributed by atoms with Gasteiger partial charge in [0, 0.05) is 37.0 Å². The summed E-state index contributed by atoms with van der Waals surface area (Å²) in [5, 5.41) is 5.58. The molecule has 0 bridgehead atoms. The number of aryl methyl sites for hydroxylation is 2. The largest absolute Gasteiger partial charge is 0.356 e. The lowest BCUT2D eigenvalue weighted by Crippen LogP contribution is -2.37. The molecular formula is C22H28N4O2. The number of nitrogens with one attached hydrogen (secondary N) is 2. The van der Waals surface area contributed by atoms with Gasteiger partial charge in [0.2, 0.25) is 5.91 Å². The molecule has 0 aliphatic carbocycles. The van der Waals surface area contributed by atoms with Gasteiger partial charge < -0.3 is 15.5 Å². The molecule has 3 rings (SSSR count). The Bertz CT molecular complexity index is 824. The Morgan fingerprint density at radius 2 is 1.75 bits per heavy atom. The van der Waals surface area contributed by atoms with Crippen molar-refractivity contribution in [2.45, 2.75) is 39.7 Å². The fourth-order valence-electron chi connectivity index (χ4n) is 3.58. The summed E-state index contributed by atoms with van der Waals surface area (Å²) in [6.45, 7) is 6.26. The molecule has 6 nitrogen and oxygen atoms in total. The van der Waals surface area contributed by atoms with Crippen LogP contribution >= 0.6 is 0 Å². The molecule has 148 valence electrons. The van der Waals surface area contributed by atoms with Crippen molar-refractivity contribution in [3.05, 3.63) is 58.8 Å². The van der Waals surface area contributed by atoms with Crippen molar-refractivity contribution in [3.8, 4) is 0 Å². The van der Waals surface area contributed by atoms with Crippen molar-refractivity contribution in [1.29, 1.82) is 0 Å². The minimum atomic E-state index is -0.239. The van der Waals surface area contributed by atoms with Crippen molar-refractivity contribution < 1.29 is 9.59 Å². The number of hydrogen-bond donors (Lipinski definition) is 2. The highest BCUT2D eigenvalue weighted by molar-refractivity contribution is 5.96. The smallest absolute Gasteiger partial charge is 0.251 e. The first kappa shape index (κ1) is 19.9. The van der Waals surface area contributed by atoms with Gasteiger partial charge in [-0.15, -0.1) is 0 Å². The zero-order chi connectivity index (χ0) is 19.9. The number of nitrogens with zero attached hydrogens (tertiary/aromatic N) is 2. The van der Waals surface area contributed by atoms with Gasteiger partial charge in [0.05, 0.1) is 6.54 Å². The van der Waals surface area contributed by atoms with Gasteiger partial charge in [-0.25, -0.2) is 4.98 Å². The zero-order valence-electron chi connectivity index (χ0n) is 16.6. The van der Waals surface area contributed by atoms with Crippen LogP contribution in [0, 0.1) is 13.8 Å². The second-order valence-corrected chi connectivity index (χ2v) is 7.37. The molecule has 0 saturated carbocycles. The van der Waals surface area contributed by atoms with Crippen LogP contribution in [0.4, 0.5) is 5.82 Å². The molecule has 0 radical (unpaired) electrons. The Hall–Kier alpha value is -2.89. The third kappa shape index (κ3) is 5.31. The summed E-state index contributed by atoms with van der Waals surface area (Å²) in [7, 11) is 0. The van der Waals surface area contributed by atoms with E-state index in [-0.39, 0.29) is 18.4 Å². The second-order valence-electron chi connectivity index (χ2n) is 7.37. The zero-order valence-corrected chi connectivity index (χ0v) is 16.6. The number of carbonyl (C=O) groups is 2. The van der Waals surface area contributed by atoms with Gasteiger partial charge in [0.1, 0.15) is 5.82 Å². The SMILES string of the molecule is Cc1cc(C)cc(C(=O)NCC(=O)NCc2cccnc2N2CCCCC2)c1. The first-order valence-corrected chi connectivity index (χ1v) is 9.85. The number of pyridine rings is 1. The quantitative estimate of drug-likeness (QED) is 0.808. The lowest BCUT2D eigenvalue weighted by molar-refractivity contribution is -0.120. The average molecular weight is 380 g/mol. The standard InChI is InChI=1S/C22H28N4O2/c1-16-11-17(2)13-19(12-16)22(28)25-15-20(27)24-14-18-7-6-8-23-21(18)26-9-4-3-5-10-26/h6-8,11-13H,3-5,9-10,14-15H2,1-2H3,(H,24,27)(H,25,28). The fraction of sp³-hybridized carbons (Fsp3) is 0.409. The van der Waals surface area contributed by atoms with Crippen molar-refractivity contribution in [3.63, 3.8) is 0 Å². The third-order valence-electron chi connectivity index (χ3n) is 4.89. The summed E-state index contributed by atoms with van der Waals surface area (Å²) in [5.74, 6) is 0.491. The maximum absolute atomic E-state index is 12.3. The Kier molecular flexibility index (Phi) is 6.63. The number of rotatable bonds is 6. The number of aromatic nitrogens is 1. The van der Waals surface area contributed by atoms with Crippen LogP contribution in [0.1, 0.15) is 46.3 Å². The second kappa shape index (κ2) is 9.35. The summed E-state index contributed by atoms with van der Waals surface area (Å²) >= 11 is 0. The molecular weight excluding hydrogens is 352 g/mol. The third-order valence-corrected chi connectivity index (χ3v) is 4.89. The molecule has 0 atom stereocenters. The Morgan fingerprint density at radius 1 is 1.04 bits per heavy atom. The summed E-state index contributed by atoms with van der Waals surface area (Å²) in [6, 6.07) is 9.53. The predicted octanol–water partition coefficient (Wildman–Crippen LogP) is 2.73. The van der Waals surface area contributed by atoms with Gasteiger partial charge in [-0.1, -0.05) is 23.3 Å². The van der Waals surface area contributed by atoms with Gasteiger partial charge >= 0.3 is 0 Å². The number of carbonyl (C=O) groups excluding carboxylic acids is 2. The summed E-state index contributed by atoms with van der Waals surface area (Å²) in [4.78, 5) is 31.3. The number of piperidine rings is 1. The van der Waals surface area contributed by atoms with Crippen LogP contribution in [0.25, 0.3) is 0 Å². The van der Waals surface area contributed by atoms with Gasteiger partial charge in [0.25, 0.3) is 5.91 Å². The molecule has 1 saturated heterocycles. The summed E-state index contributed by atoms with van der Waals surface area (Å²) < 4.78 is 0. The predicted molar refractivity (Wildman–Crippen MR) is 110 cm³/mol. The van der Waals surface area contributed by atoms with E-state index in [1.807, 2.05) is 44.2 Å². The molecule has 1 aliphatic rings. The van der Waals surface area contributed by atoms with Crippen LogP contribution in [0.3, 0.4) is 0 Å². The van der Waals surface area contributed by atoms with E-state index in [1.165, 1.54) is 19.3 Å². The van der Waals surface area contributed by atoms with Gasteiger partial charge in [-0.2, -0.15) is 0 Å². The summed E-state index contributed by atoms with van der Waals surface area (Å²) in [6.07, 6.45) is 5.40. The molecule has 2 heterocycles.